The highest BCUT2D eigenvalue weighted by Gasteiger charge is 2.22. The number of nitrogens with zero attached hydrogens (tertiary/aromatic N) is 4. The average Bonchev–Trinajstić information content (AvgIpc) is 1.64. The van der Waals surface area contributed by atoms with Crippen molar-refractivity contribution in [2.75, 3.05) is 0 Å². The summed E-state index contributed by atoms with van der Waals surface area (Å²) in [5.74, 6) is 0. The molecule has 5 nitrogen and oxygen atoms in total. The van der Waals surface area contributed by atoms with Gasteiger partial charge in [-0.05, 0) is 245 Å². The average molecular weight is 1590 g/mol. The van der Waals surface area contributed by atoms with E-state index in [1.54, 1.807) is 0 Å². The maximum Gasteiger partial charge on any atom is 0.135 e. The summed E-state index contributed by atoms with van der Waals surface area (Å²) in [6.45, 7) is 0. The van der Waals surface area contributed by atoms with Crippen molar-refractivity contribution >= 4 is 141 Å². The number of benzene rings is 21. The van der Waals surface area contributed by atoms with Crippen LogP contribution in [0.25, 0.3) is 231 Å². The molecular weight excluding hydrogens is 1510 g/mol. The van der Waals surface area contributed by atoms with Gasteiger partial charge in [-0.15, -0.1) is 0 Å². The number of aromatic nitrogens is 4. The third-order valence-electron chi connectivity index (χ3n) is 25.5. The minimum Gasteiger partial charge on any atom is -0.456 e. The van der Waals surface area contributed by atoms with E-state index in [2.05, 4.69) is 479 Å². The van der Waals surface area contributed by atoms with Gasteiger partial charge in [0, 0.05) is 76.6 Å². The number of furan rings is 1. The minimum atomic E-state index is 0.922. The molecule has 0 atom stereocenters. The number of hydrogen-bond donors (Lipinski definition) is 0. The van der Waals surface area contributed by atoms with Crippen LogP contribution >= 0.6 is 0 Å². The summed E-state index contributed by atoms with van der Waals surface area (Å²) < 4.78 is 15.6. The van der Waals surface area contributed by atoms with Crippen LogP contribution < -0.4 is 0 Å². The number of fused-ring (bicyclic) bond motifs is 21. The topological polar surface area (TPSA) is 32.9 Å². The second-order valence-electron chi connectivity index (χ2n) is 32.6. The van der Waals surface area contributed by atoms with E-state index < -0.39 is 0 Å². The monoisotopic (exact) mass is 1590 g/mol. The normalized spacial score (nSPS) is 11.7. The van der Waals surface area contributed by atoms with Crippen LogP contribution in [0.15, 0.2) is 478 Å². The summed E-state index contributed by atoms with van der Waals surface area (Å²) in [4.78, 5) is 0. The summed E-state index contributed by atoms with van der Waals surface area (Å²) in [7, 11) is 0. The van der Waals surface area contributed by atoms with Gasteiger partial charge in [0.2, 0.25) is 0 Å². The van der Waals surface area contributed by atoms with Gasteiger partial charge in [0.1, 0.15) is 11.2 Å². The molecule has 0 spiro atoms. The zero-order chi connectivity index (χ0) is 82.4. The highest BCUT2D eigenvalue weighted by Crippen LogP contribution is 2.45. The lowest BCUT2D eigenvalue weighted by atomic mass is 9.92. The van der Waals surface area contributed by atoms with E-state index >= 15 is 0 Å². The summed E-state index contributed by atoms with van der Waals surface area (Å²) in [6.07, 6.45) is 0. The fourth-order valence-electron chi connectivity index (χ4n) is 19.6. The van der Waals surface area contributed by atoms with Crippen LogP contribution in [0.2, 0.25) is 0 Å². The number of para-hydroxylation sites is 6. The second-order valence-corrected chi connectivity index (χ2v) is 32.6. The molecule has 0 N–H and O–H groups in total. The molecule has 5 heteroatoms. The highest BCUT2D eigenvalue weighted by molar-refractivity contribution is 6.26. The molecule has 0 saturated carbocycles. The number of hydrogen-bond acceptors (Lipinski definition) is 1. The van der Waals surface area contributed by atoms with Crippen molar-refractivity contribution in [2.24, 2.45) is 0 Å². The lowest BCUT2D eigenvalue weighted by molar-refractivity contribution is 0.669. The van der Waals surface area contributed by atoms with E-state index in [0.717, 1.165) is 39.0 Å². The summed E-state index contributed by atoms with van der Waals surface area (Å²) in [6, 6.07) is 171. The molecule has 0 aliphatic carbocycles. The molecule has 26 rings (SSSR count). The van der Waals surface area contributed by atoms with Gasteiger partial charge in [-0.2, -0.15) is 0 Å². The van der Waals surface area contributed by atoms with Gasteiger partial charge in [0.15, 0.2) is 0 Å². The Balaban J connectivity index is 0.000000107. The zero-order valence-corrected chi connectivity index (χ0v) is 68.2. The van der Waals surface area contributed by atoms with E-state index in [4.69, 9.17) is 4.42 Å². The summed E-state index contributed by atoms with van der Waals surface area (Å²) >= 11 is 0. The molecule has 0 bridgehead atoms. The van der Waals surface area contributed by atoms with Gasteiger partial charge in [0.25, 0.3) is 0 Å². The summed E-state index contributed by atoms with van der Waals surface area (Å²) in [5, 5.41) is 20.2. The van der Waals surface area contributed by atoms with Gasteiger partial charge in [0.05, 0.1) is 44.1 Å². The highest BCUT2D eigenvalue weighted by atomic mass is 16.3. The Morgan fingerprint density at radius 3 is 0.752 bits per heavy atom. The lowest BCUT2D eigenvalue weighted by Crippen LogP contribution is -1.94. The molecule has 26 aromatic rings. The SMILES string of the molecule is c1ccc(-c2ccc(-n3c4ccccc4c4cc(-c5ccc6c(c5)c5ccccc5n6-c5cccc(-c6ccccc6)c5)ccc43)cc2)cc1.c1ccc(-c2cccc(-n3c4ccccc4c4cc(-c5ccc6oc7ccccc7c6c5)ccc43)c2)cc1.c1ccc(-n2c3ccccc3c3cc(-c4ccc5c6ccccc6c6ccccc6c5c4)ccc32)cc1. The number of rotatable bonds is 10. The van der Waals surface area contributed by atoms with E-state index in [0.29, 0.717) is 0 Å². The Morgan fingerprint density at radius 1 is 0.112 bits per heavy atom. The maximum atomic E-state index is 6.06. The third-order valence-corrected chi connectivity index (χ3v) is 25.5. The molecule has 21 aromatic carbocycles. The molecule has 584 valence electrons. The smallest absolute Gasteiger partial charge is 0.135 e. The van der Waals surface area contributed by atoms with Crippen LogP contribution in [0.1, 0.15) is 0 Å². The van der Waals surface area contributed by atoms with Gasteiger partial charge < -0.3 is 22.7 Å². The predicted octanol–water partition coefficient (Wildman–Crippen LogP) is 32.8. The molecule has 0 fully saturated rings. The first kappa shape index (κ1) is 72.4. The lowest BCUT2D eigenvalue weighted by Gasteiger charge is -2.12. The van der Waals surface area contributed by atoms with Crippen molar-refractivity contribution in [1.82, 2.24) is 18.3 Å². The van der Waals surface area contributed by atoms with Crippen molar-refractivity contribution in [3.8, 4) is 89.5 Å². The standard InChI is InChI=1S/C48H32N2.C36H23NO.C36H23N/c1-3-12-33(13-4-1)35-22-26-39(27-23-35)49-45-20-9-7-18-41(45)43-31-37(24-28-47(43)49)38-25-29-48-44(32-38)42-19-8-10-21-46(42)50(48)40-17-11-16-36(30-40)34-14-5-2-6-15-34;1-2-9-24(10-3-1)25-11-8-12-28(21-25)37-33-15-6-4-13-29(33)31-22-26(17-19-34(31)37)27-18-20-36-32(23-27)30-14-5-7-16-35(30)38-36;1-2-10-26(11-3-1)37-35-17-9-8-16-32(35)34-23-25(19-21-36(34)37)24-18-20-31-29-14-5-4-12-27(29)28-13-6-7-15-30(28)33(31)22-24/h1-32H;1-23H;1-23H. The van der Waals surface area contributed by atoms with Crippen LogP contribution in [0.4, 0.5) is 0 Å². The Bertz CT molecular complexity index is 8670. The molecule has 0 aliphatic heterocycles. The molecule has 0 saturated heterocycles. The molecule has 0 unspecified atom stereocenters. The Labute approximate surface area is 721 Å². The molecular formula is C120H78N4O. The largest absolute Gasteiger partial charge is 0.456 e. The fraction of sp³-hybridized carbons (Fsp3) is 0. The third kappa shape index (κ3) is 12.5. The molecule has 0 aliphatic rings. The van der Waals surface area contributed by atoms with Crippen LogP contribution in [-0.4, -0.2) is 18.3 Å². The first-order valence-electron chi connectivity index (χ1n) is 42.9. The minimum absolute atomic E-state index is 0.922. The quantitative estimate of drug-likeness (QED) is 0.126. The van der Waals surface area contributed by atoms with Crippen molar-refractivity contribution < 1.29 is 4.42 Å². The van der Waals surface area contributed by atoms with E-state index in [1.807, 2.05) is 12.1 Å². The first-order chi connectivity index (χ1) is 62.0. The van der Waals surface area contributed by atoms with Crippen molar-refractivity contribution in [2.45, 2.75) is 0 Å². The van der Waals surface area contributed by atoms with Gasteiger partial charge in [-0.3, -0.25) is 0 Å². The maximum absolute atomic E-state index is 6.06. The Hall–Kier alpha value is -16.6. The summed E-state index contributed by atoms with van der Waals surface area (Å²) in [5.41, 5.74) is 30.8. The van der Waals surface area contributed by atoms with Crippen molar-refractivity contribution in [3.05, 3.63) is 473 Å². The first-order valence-corrected chi connectivity index (χ1v) is 42.9. The molecule has 125 heavy (non-hydrogen) atoms. The van der Waals surface area contributed by atoms with Crippen LogP contribution in [-0.2, 0) is 0 Å². The van der Waals surface area contributed by atoms with Crippen LogP contribution in [0, 0.1) is 0 Å². The molecule has 5 heterocycles. The molecule has 5 aromatic heterocycles. The van der Waals surface area contributed by atoms with Crippen LogP contribution in [0.3, 0.4) is 0 Å². The Kier molecular flexibility index (Phi) is 17.5. The molecule has 0 amide bonds. The van der Waals surface area contributed by atoms with E-state index in [-0.39, 0.29) is 0 Å². The van der Waals surface area contributed by atoms with Crippen LogP contribution in [0.5, 0.6) is 0 Å². The van der Waals surface area contributed by atoms with E-state index in [9.17, 15) is 0 Å². The van der Waals surface area contributed by atoms with E-state index in [1.165, 1.54) is 192 Å². The molecule has 0 radical (unpaired) electrons. The van der Waals surface area contributed by atoms with Crippen molar-refractivity contribution in [1.29, 1.82) is 0 Å². The van der Waals surface area contributed by atoms with Gasteiger partial charge in [-0.1, -0.05) is 328 Å². The Morgan fingerprint density at radius 2 is 0.344 bits per heavy atom. The van der Waals surface area contributed by atoms with Crippen molar-refractivity contribution in [3.63, 3.8) is 0 Å². The second kappa shape index (κ2) is 30.3. The fourth-order valence-corrected chi connectivity index (χ4v) is 19.6. The predicted molar refractivity (Wildman–Crippen MR) is 529 cm³/mol. The van der Waals surface area contributed by atoms with Gasteiger partial charge >= 0.3 is 0 Å². The zero-order valence-electron chi connectivity index (χ0n) is 68.2. The van der Waals surface area contributed by atoms with Gasteiger partial charge in [-0.25, -0.2) is 0 Å².